The lowest BCUT2D eigenvalue weighted by Gasteiger charge is -2.25. The molecule has 294 valence electrons. The Balaban J connectivity index is 0.921. The van der Waals surface area contributed by atoms with E-state index in [0.717, 1.165) is 16.7 Å². The lowest BCUT2D eigenvalue weighted by atomic mass is 10.0. The normalized spacial score (nSPS) is 19.1. The maximum absolute atomic E-state index is 13.4. The molecule has 12 heteroatoms. The third kappa shape index (κ3) is 8.98. The third-order valence-corrected chi connectivity index (χ3v) is 10.8. The number of carbonyl (C=O) groups excluding carboxylic acids is 4. The lowest BCUT2D eigenvalue weighted by molar-refractivity contribution is -0.117. The first kappa shape index (κ1) is 39.1. The number of nitrogens with zero attached hydrogens (tertiary/aromatic N) is 3. The molecule has 4 atom stereocenters. The number of rotatable bonds is 12. The van der Waals surface area contributed by atoms with Crippen LogP contribution in [-0.4, -0.2) is 86.0 Å². The quantitative estimate of drug-likeness (QED) is 0.114. The van der Waals surface area contributed by atoms with E-state index in [-0.39, 0.29) is 49.6 Å². The molecule has 0 bridgehead atoms. The maximum Gasteiger partial charge on any atom is 0.254 e. The molecule has 5 aromatic rings. The van der Waals surface area contributed by atoms with Gasteiger partial charge < -0.3 is 35.1 Å². The molecule has 2 aliphatic rings. The lowest BCUT2D eigenvalue weighted by Crippen LogP contribution is -2.38. The van der Waals surface area contributed by atoms with E-state index in [2.05, 4.69) is 15.6 Å². The predicted octanol–water partition coefficient (Wildman–Crippen LogP) is 6.34. The Kier molecular flexibility index (Phi) is 11.9. The smallest absolute Gasteiger partial charge is 0.254 e. The molecule has 7 rings (SSSR count). The van der Waals surface area contributed by atoms with Crippen molar-refractivity contribution in [1.82, 2.24) is 14.8 Å². The Morgan fingerprint density at radius 3 is 1.54 bits per heavy atom. The molecular weight excluding hydrogens is 723 g/mol. The van der Waals surface area contributed by atoms with Gasteiger partial charge in [0.15, 0.2) is 5.76 Å². The first-order valence-corrected chi connectivity index (χ1v) is 19.5. The molecule has 1 aromatic heterocycles. The number of aliphatic hydroxyl groups is 2. The zero-order chi connectivity index (χ0) is 40.1. The molecule has 57 heavy (non-hydrogen) atoms. The van der Waals surface area contributed by atoms with E-state index in [9.17, 15) is 29.4 Å². The van der Waals surface area contributed by atoms with E-state index < -0.39 is 24.3 Å². The van der Waals surface area contributed by atoms with Crippen LogP contribution in [0.25, 0.3) is 22.8 Å². The number of hydrogen-bond acceptors (Lipinski definition) is 8. The van der Waals surface area contributed by atoms with E-state index in [0.29, 0.717) is 65.4 Å². The summed E-state index contributed by atoms with van der Waals surface area (Å²) in [5.74, 6) is 0.0562. The number of aromatic nitrogens is 1. The Morgan fingerprint density at radius 1 is 0.649 bits per heavy atom. The molecule has 4 N–H and O–H groups in total. The number of aliphatic hydroxyl groups excluding tert-OH is 2. The van der Waals surface area contributed by atoms with Crippen molar-refractivity contribution in [3.05, 3.63) is 126 Å². The van der Waals surface area contributed by atoms with Crippen LogP contribution < -0.4 is 10.6 Å². The average Bonchev–Trinajstić information content (AvgIpc) is 3.96. The number of amides is 4. The Bertz CT molecular complexity index is 2080. The van der Waals surface area contributed by atoms with Crippen LogP contribution >= 0.6 is 0 Å². The summed E-state index contributed by atoms with van der Waals surface area (Å²) in [5, 5.41) is 26.6. The topological polar surface area (TPSA) is 165 Å². The van der Waals surface area contributed by atoms with Gasteiger partial charge in [0, 0.05) is 71.6 Å². The number of carbonyl (C=O) groups is 4. The first-order chi connectivity index (χ1) is 27.6. The van der Waals surface area contributed by atoms with Gasteiger partial charge in [0.05, 0.1) is 18.4 Å². The van der Waals surface area contributed by atoms with Crippen molar-refractivity contribution in [2.24, 2.45) is 0 Å². The number of aryl methyl sites for hydroxylation is 2. The molecule has 2 saturated heterocycles. The van der Waals surface area contributed by atoms with E-state index >= 15 is 0 Å². The number of nitrogens with one attached hydrogen (secondary N) is 2. The van der Waals surface area contributed by atoms with Gasteiger partial charge >= 0.3 is 0 Å². The fourth-order valence-corrected chi connectivity index (χ4v) is 7.86. The van der Waals surface area contributed by atoms with Crippen LogP contribution in [0.3, 0.4) is 0 Å². The summed E-state index contributed by atoms with van der Waals surface area (Å²) in [6.45, 7) is 4.36. The molecule has 4 aromatic carbocycles. The van der Waals surface area contributed by atoms with Crippen molar-refractivity contribution < 1.29 is 33.8 Å². The molecule has 2 aliphatic heterocycles. The third-order valence-electron chi connectivity index (χ3n) is 10.8. The van der Waals surface area contributed by atoms with Crippen molar-refractivity contribution in [1.29, 1.82) is 0 Å². The second-order valence-corrected chi connectivity index (χ2v) is 14.7. The van der Waals surface area contributed by atoms with E-state index in [4.69, 9.17) is 4.42 Å². The molecular formula is C45H47N5O7. The predicted molar refractivity (Wildman–Crippen MR) is 216 cm³/mol. The van der Waals surface area contributed by atoms with E-state index in [1.54, 1.807) is 64.5 Å². The summed E-state index contributed by atoms with van der Waals surface area (Å²) < 4.78 is 6.06. The molecule has 12 nitrogen and oxygen atoms in total. The second-order valence-electron chi connectivity index (χ2n) is 14.7. The Labute approximate surface area is 331 Å². The monoisotopic (exact) mass is 769 g/mol. The molecule has 0 spiro atoms. The highest BCUT2D eigenvalue weighted by molar-refractivity contribution is 5.98. The number of benzene rings is 4. The van der Waals surface area contributed by atoms with E-state index in [1.165, 1.54) is 0 Å². The van der Waals surface area contributed by atoms with Crippen molar-refractivity contribution in [3.63, 3.8) is 0 Å². The van der Waals surface area contributed by atoms with Gasteiger partial charge in [-0.1, -0.05) is 50.2 Å². The molecule has 2 fully saturated rings. The zero-order valence-electron chi connectivity index (χ0n) is 32.1. The maximum atomic E-state index is 13.4. The van der Waals surface area contributed by atoms with Crippen LogP contribution in [0.2, 0.25) is 0 Å². The number of anilines is 2. The summed E-state index contributed by atoms with van der Waals surface area (Å²) in [4.78, 5) is 60.7. The van der Waals surface area contributed by atoms with Crippen LogP contribution in [0.4, 0.5) is 11.4 Å². The van der Waals surface area contributed by atoms with Gasteiger partial charge in [0.2, 0.25) is 17.7 Å². The molecule has 0 radical (unpaired) electrons. The van der Waals surface area contributed by atoms with Crippen LogP contribution in [0, 0.1) is 0 Å². The number of likely N-dealkylation sites (tertiary alicyclic amines) is 2. The van der Waals surface area contributed by atoms with Crippen LogP contribution in [0.15, 0.2) is 108 Å². The summed E-state index contributed by atoms with van der Waals surface area (Å²) in [6, 6.07) is 28.3. The second kappa shape index (κ2) is 17.4. The Hall–Kier alpha value is -6.11. The van der Waals surface area contributed by atoms with Gasteiger partial charge in [0.25, 0.3) is 11.8 Å². The summed E-state index contributed by atoms with van der Waals surface area (Å²) in [7, 11) is 0. The highest BCUT2D eigenvalue weighted by atomic mass is 16.4. The summed E-state index contributed by atoms with van der Waals surface area (Å²) >= 11 is 0. The molecule has 0 unspecified atom stereocenters. The van der Waals surface area contributed by atoms with Gasteiger partial charge in [-0.05, 0) is 97.5 Å². The van der Waals surface area contributed by atoms with Crippen molar-refractivity contribution >= 4 is 35.0 Å². The minimum atomic E-state index is -0.687. The first-order valence-electron chi connectivity index (χ1n) is 19.5. The fourth-order valence-electron chi connectivity index (χ4n) is 7.86. The van der Waals surface area contributed by atoms with Gasteiger partial charge in [-0.15, -0.1) is 0 Å². The number of β-amino-alcohol motifs (C(OH)–C–C–N with tert-alkyl or cyclic N) is 2. The van der Waals surface area contributed by atoms with Crippen LogP contribution in [-0.2, 0) is 22.4 Å². The number of oxazole rings is 1. The molecule has 3 heterocycles. The van der Waals surface area contributed by atoms with Gasteiger partial charge in [-0.3, -0.25) is 19.2 Å². The van der Waals surface area contributed by atoms with Crippen molar-refractivity contribution in [3.8, 4) is 22.8 Å². The fraction of sp³-hybridized carbons (Fsp3) is 0.311. The standard InChI is InChI=1S/C45H47N5O7/c1-3-28-9-5-7-11-38(28)44(55)49-26-36(51)21-34(49)23-41(53)47-32-17-13-30(14-18-32)40-25-46-43(57-40)31-15-19-33(20-16-31)48-42(54)24-35-22-37(52)27-50(35)45(56)39-12-8-6-10-29(39)4-2/h5-20,25,34-37,51-52H,3-4,21-24,26-27H2,1-2H3,(H,47,53)(H,48,54)/t34-,35-,36+,37+/m0/s1. The highest BCUT2D eigenvalue weighted by Crippen LogP contribution is 2.30. The molecule has 0 aliphatic carbocycles. The van der Waals surface area contributed by atoms with Gasteiger partial charge in [0.1, 0.15) is 0 Å². The zero-order valence-corrected chi connectivity index (χ0v) is 32.1. The number of hydrogen-bond donors (Lipinski definition) is 4. The SMILES string of the molecule is CCc1ccccc1C(=O)N1C[C@H](O)C[C@H]1CC(=O)Nc1ccc(-c2cnc(-c3ccc(NC(=O)C[C@@H]4C[C@@H](O)CN4C(=O)c4ccccc4CC)cc3)o2)cc1. The Morgan fingerprint density at radius 2 is 1.09 bits per heavy atom. The minimum Gasteiger partial charge on any atom is -0.436 e. The van der Waals surface area contributed by atoms with Crippen LogP contribution in [0.1, 0.15) is 71.4 Å². The van der Waals surface area contributed by atoms with E-state index in [1.807, 2.05) is 62.4 Å². The van der Waals surface area contributed by atoms with Gasteiger partial charge in [-0.25, -0.2) is 4.98 Å². The highest BCUT2D eigenvalue weighted by Gasteiger charge is 2.38. The molecule has 4 amide bonds. The molecule has 0 saturated carbocycles. The van der Waals surface area contributed by atoms with Gasteiger partial charge in [-0.2, -0.15) is 0 Å². The summed E-state index contributed by atoms with van der Waals surface area (Å²) in [5.41, 5.74) is 5.67. The minimum absolute atomic E-state index is 0.0588. The largest absolute Gasteiger partial charge is 0.436 e. The van der Waals surface area contributed by atoms with Crippen molar-refractivity contribution in [2.45, 2.75) is 76.7 Å². The summed E-state index contributed by atoms with van der Waals surface area (Å²) in [6.07, 6.45) is 2.45. The van der Waals surface area contributed by atoms with Crippen LogP contribution in [0.5, 0.6) is 0 Å². The average molecular weight is 770 g/mol. The van der Waals surface area contributed by atoms with Crippen molar-refractivity contribution in [2.75, 3.05) is 23.7 Å².